The van der Waals surface area contributed by atoms with Crippen molar-refractivity contribution in [3.8, 4) is 17.0 Å². The van der Waals surface area contributed by atoms with Crippen LogP contribution in [0.15, 0.2) is 36.8 Å². The van der Waals surface area contributed by atoms with E-state index in [0.717, 1.165) is 42.2 Å². The van der Waals surface area contributed by atoms with E-state index < -0.39 is 17.8 Å². The number of methoxy groups -OCH3 is 1. The van der Waals surface area contributed by atoms with E-state index in [-0.39, 0.29) is 11.6 Å². The molecule has 4 rings (SSSR count). The molecule has 0 aliphatic heterocycles. The van der Waals surface area contributed by atoms with Crippen molar-refractivity contribution in [3.63, 3.8) is 0 Å². The second-order valence-electron chi connectivity index (χ2n) is 6.51. The van der Waals surface area contributed by atoms with Gasteiger partial charge in [-0.1, -0.05) is 0 Å². The third kappa shape index (κ3) is 3.93. The molecule has 0 saturated heterocycles. The molecular formula is C19H15F3N4O2S. The number of ether oxygens (including phenoxy) is 1. The Morgan fingerprint density at radius 1 is 1.28 bits per heavy atom. The average molecular weight is 420 g/mol. The van der Waals surface area contributed by atoms with Gasteiger partial charge in [0.1, 0.15) is 16.3 Å². The van der Waals surface area contributed by atoms with Crippen molar-refractivity contribution in [2.24, 2.45) is 0 Å². The normalized spacial score (nSPS) is 13.9. The molecule has 3 aromatic heterocycles. The van der Waals surface area contributed by atoms with Crippen LogP contribution in [0, 0.1) is 0 Å². The molecule has 10 heteroatoms. The lowest BCUT2D eigenvalue weighted by Gasteiger charge is -2.10. The summed E-state index contributed by atoms with van der Waals surface area (Å²) in [5.41, 5.74) is 1.04. The van der Waals surface area contributed by atoms with Crippen LogP contribution in [0.1, 0.15) is 39.7 Å². The molecule has 1 amide bonds. The highest BCUT2D eigenvalue weighted by Gasteiger charge is 2.35. The molecular weight excluding hydrogens is 405 g/mol. The topological polar surface area (TPSA) is 77.0 Å². The third-order valence-corrected chi connectivity index (χ3v) is 5.35. The van der Waals surface area contributed by atoms with E-state index in [1.165, 1.54) is 13.2 Å². The highest BCUT2D eigenvalue weighted by atomic mass is 32.1. The van der Waals surface area contributed by atoms with Gasteiger partial charge in [-0.2, -0.15) is 17.5 Å². The number of hydrogen-bond acceptors (Lipinski definition) is 6. The van der Waals surface area contributed by atoms with Gasteiger partial charge in [0.2, 0.25) is 0 Å². The summed E-state index contributed by atoms with van der Waals surface area (Å²) in [4.78, 5) is 20.6. The number of anilines is 1. The molecule has 150 valence electrons. The number of pyridine rings is 2. The van der Waals surface area contributed by atoms with Crippen molar-refractivity contribution in [3.05, 3.63) is 52.9 Å². The van der Waals surface area contributed by atoms with Crippen LogP contribution in [0.25, 0.3) is 11.3 Å². The van der Waals surface area contributed by atoms with Gasteiger partial charge in [-0.15, -0.1) is 0 Å². The largest absolute Gasteiger partial charge is 0.496 e. The zero-order valence-corrected chi connectivity index (χ0v) is 16.0. The fraction of sp³-hybridized carbons (Fsp3) is 0.263. The second kappa shape index (κ2) is 7.43. The van der Waals surface area contributed by atoms with Gasteiger partial charge < -0.3 is 10.1 Å². The van der Waals surface area contributed by atoms with Crippen molar-refractivity contribution in [1.29, 1.82) is 0 Å². The monoisotopic (exact) mass is 420 g/mol. The first-order valence-electron chi connectivity index (χ1n) is 8.71. The Kier molecular flexibility index (Phi) is 4.95. The number of carbonyl (C=O) groups is 1. The van der Waals surface area contributed by atoms with E-state index in [2.05, 4.69) is 19.7 Å². The van der Waals surface area contributed by atoms with Gasteiger partial charge in [-0.05, 0) is 48.5 Å². The average Bonchev–Trinajstić information content (AvgIpc) is 3.45. The SMILES string of the molecule is COc1ccncc1-c1nsc(C(=O)Nc2ccnc(C(F)(F)F)c2)c1C1CC1. The molecule has 0 spiro atoms. The fourth-order valence-corrected chi connectivity index (χ4v) is 3.87. The van der Waals surface area contributed by atoms with E-state index in [0.29, 0.717) is 21.9 Å². The predicted molar refractivity (Wildman–Crippen MR) is 101 cm³/mol. The number of amides is 1. The first kappa shape index (κ1) is 19.3. The standard InChI is InChI=1S/C19H15F3N4O2S/c1-28-13-5-6-23-9-12(13)16-15(10-2-3-10)17(29-26-16)18(27)25-11-4-7-24-14(8-11)19(20,21)22/h4-10H,2-3H2,1H3,(H,24,25,27). The van der Waals surface area contributed by atoms with Crippen molar-refractivity contribution < 1.29 is 22.7 Å². The first-order chi connectivity index (χ1) is 13.9. The molecule has 0 unspecified atom stereocenters. The highest BCUT2D eigenvalue weighted by molar-refractivity contribution is 7.08. The number of hydrogen-bond donors (Lipinski definition) is 1. The van der Waals surface area contributed by atoms with Crippen LogP contribution < -0.4 is 10.1 Å². The number of nitrogens with one attached hydrogen (secondary N) is 1. The highest BCUT2D eigenvalue weighted by Crippen LogP contribution is 2.48. The Balaban J connectivity index is 1.68. The smallest absolute Gasteiger partial charge is 0.433 e. The van der Waals surface area contributed by atoms with E-state index in [9.17, 15) is 18.0 Å². The maximum atomic E-state index is 12.9. The van der Waals surface area contributed by atoms with Crippen LogP contribution >= 0.6 is 11.5 Å². The van der Waals surface area contributed by atoms with E-state index >= 15 is 0 Å². The van der Waals surface area contributed by atoms with E-state index in [1.807, 2.05) is 0 Å². The molecule has 1 N–H and O–H groups in total. The quantitative estimate of drug-likeness (QED) is 0.644. The lowest BCUT2D eigenvalue weighted by Crippen LogP contribution is -2.14. The molecule has 0 bridgehead atoms. The minimum absolute atomic E-state index is 0.0213. The molecule has 29 heavy (non-hydrogen) atoms. The Hall–Kier alpha value is -3.01. The number of halogens is 3. The van der Waals surface area contributed by atoms with Crippen molar-refractivity contribution in [2.45, 2.75) is 24.9 Å². The number of nitrogens with zero attached hydrogens (tertiary/aromatic N) is 3. The van der Waals surface area contributed by atoms with Gasteiger partial charge >= 0.3 is 6.18 Å². The Morgan fingerprint density at radius 3 is 2.76 bits per heavy atom. The minimum atomic E-state index is -4.59. The maximum absolute atomic E-state index is 12.9. The molecule has 1 saturated carbocycles. The number of alkyl halides is 3. The minimum Gasteiger partial charge on any atom is -0.496 e. The van der Waals surface area contributed by atoms with Crippen LogP contribution in [0.5, 0.6) is 5.75 Å². The second-order valence-corrected chi connectivity index (χ2v) is 7.28. The summed E-state index contributed by atoms with van der Waals surface area (Å²) in [5, 5.41) is 2.53. The maximum Gasteiger partial charge on any atom is 0.433 e. The zero-order valence-electron chi connectivity index (χ0n) is 15.2. The molecule has 3 heterocycles. The Morgan fingerprint density at radius 2 is 2.07 bits per heavy atom. The van der Waals surface area contributed by atoms with E-state index in [1.54, 1.807) is 18.5 Å². The van der Waals surface area contributed by atoms with Crippen LogP contribution in [-0.2, 0) is 6.18 Å². The summed E-state index contributed by atoms with van der Waals surface area (Å²) in [6.07, 6.45) is 1.48. The Labute approximate surface area is 167 Å². The first-order valence-corrected chi connectivity index (χ1v) is 9.48. The summed E-state index contributed by atoms with van der Waals surface area (Å²) < 4.78 is 48.4. The van der Waals surface area contributed by atoms with Crippen molar-refractivity contribution >= 4 is 23.1 Å². The van der Waals surface area contributed by atoms with Crippen LogP contribution in [0.4, 0.5) is 18.9 Å². The number of rotatable bonds is 5. The lowest BCUT2D eigenvalue weighted by atomic mass is 10.0. The van der Waals surface area contributed by atoms with Crippen molar-refractivity contribution in [2.75, 3.05) is 12.4 Å². The van der Waals surface area contributed by atoms with Gasteiger partial charge in [0.25, 0.3) is 5.91 Å². The zero-order chi connectivity index (χ0) is 20.6. The molecule has 3 aromatic rings. The van der Waals surface area contributed by atoms with Crippen LogP contribution in [0.2, 0.25) is 0 Å². The molecule has 0 aromatic carbocycles. The van der Waals surface area contributed by atoms with Crippen LogP contribution in [-0.4, -0.2) is 27.4 Å². The van der Waals surface area contributed by atoms with Gasteiger partial charge in [-0.3, -0.25) is 14.8 Å². The van der Waals surface area contributed by atoms with Gasteiger partial charge in [0.05, 0.1) is 18.4 Å². The lowest BCUT2D eigenvalue weighted by molar-refractivity contribution is -0.141. The number of carbonyl (C=O) groups excluding carboxylic acids is 1. The molecule has 1 fully saturated rings. The van der Waals surface area contributed by atoms with Gasteiger partial charge in [0.15, 0.2) is 0 Å². The van der Waals surface area contributed by atoms with E-state index in [4.69, 9.17) is 4.74 Å². The van der Waals surface area contributed by atoms with Crippen LogP contribution in [0.3, 0.4) is 0 Å². The Bertz CT molecular complexity index is 1060. The van der Waals surface area contributed by atoms with Gasteiger partial charge in [-0.25, -0.2) is 0 Å². The molecule has 0 radical (unpaired) electrons. The van der Waals surface area contributed by atoms with Crippen molar-refractivity contribution in [1.82, 2.24) is 14.3 Å². The molecule has 0 atom stereocenters. The fourth-order valence-electron chi connectivity index (χ4n) is 2.99. The summed E-state index contributed by atoms with van der Waals surface area (Å²) in [5.74, 6) is 0.263. The molecule has 1 aliphatic carbocycles. The molecule has 6 nitrogen and oxygen atoms in total. The summed E-state index contributed by atoms with van der Waals surface area (Å²) in [6, 6.07) is 3.83. The molecule has 1 aliphatic rings. The summed E-state index contributed by atoms with van der Waals surface area (Å²) >= 11 is 1.01. The summed E-state index contributed by atoms with van der Waals surface area (Å²) in [6.45, 7) is 0. The number of aromatic nitrogens is 3. The third-order valence-electron chi connectivity index (χ3n) is 4.48. The predicted octanol–water partition coefficient (Wildman–Crippen LogP) is 4.76. The summed E-state index contributed by atoms with van der Waals surface area (Å²) in [7, 11) is 1.54. The van der Waals surface area contributed by atoms with Gasteiger partial charge in [0, 0.05) is 29.8 Å².